The highest BCUT2D eigenvalue weighted by Crippen LogP contribution is 2.24. The molecule has 0 atom stereocenters. The first-order chi connectivity index (χ1) is 18.6. The molecule has 2 N–H and O–H groups in total. The van der Waals surface area contributed by atoms with Gasteiger partial charge in [-0.25, -0.2) is 9.97 Å². The van der Waals surface area contributed by atoms with Crippen LogP contribution in [0.5, 0.6) is 0 Å². The molecule has 1 saturated heterocycles. The zero-order chi connectivity index (χ0) is 26.3. The zero-order valence-corrected chi connectivity index (χ0v) is 21.0. The number of nitrogens with zero attached hydrogens (tertiary/aromatic N) is 6. The molecule has 3 heterocycles. The number of hydrogen-bond acceptors (Lipinski definition) is 8. The number of carbonyl (C=O) groups excluding carboxylic acids is 1. The number of aryl methyl sites for hydroxylation is 1. The van der Waals surface area contributed by atoms with Gasteiger partial charge >= 0.3 is 0 Å². The van der Waals surface area contributed by atoms with Gasteiger partial charge in [0.15, 0.2) is 0 Å². The van der Waals surface area contributed by atoms with Crippen LogP contribution in [0.4, 0.5) is 17.3 Å². The molecule has 5 rings (SSSR count). The molecule has 0 aliphatic carbocycles. The Morgan fingerprint density at radius 1 is 1.00 bits per heavy atom. The summed E-state index contributed by atoms with van der Waals surface area (Å²) in [5.74, 6) is 0.268. The number of carbonyl (C=O) groups is 1. The standard InChI is InChI=1S/C28H28N8O2/c1-20-4-9-24(17-26(20)33-28-30-12-10-25(32-28)23-3-2-11-29-18-23)31-27(37)22-7-5-21(6-8-22)19-35-13-15-36(34-38)16-14-35/h2-12,17-18H,13-16,19H2,1H3,(H,31,37)(H,30,32,33). The quantitative estimate of drug-likeness (QED) is 0.331. The molecule has 2 aromatic heterocycles. The van der Waals surface area contributed by atoms with Crippen molar-refractivity contribution in [1.29, 1.82) is 0 Å². The van der Waals surface area contributed by atoms with Crippen molar-refractivity contribution < 1.29 is 4.79 Å². The third-order valence-electron chi connectivity index (χ3n) is 6.44. The van der Waals surface area contributed by atoms with E-state index < -0.39 is 0 Å². The van der Waals surface area contributed by atoms with Crippen molar-refractivity contribution in [2.24, 2.45) is 5.29 Å². The van der Waals surface area contributed by atoms with E-state index in [2.05, 4.69) is 35.8 Å². The van der Waals surface area contributed by atoms with Crippen LogP contribution in [0.2, 0.25) is 0 Å². The van der Waals surface area contributed by atoms with Gasteiger partial charge in [0.2, 0.25) is 5.95 Å². The highest BCUT2D eigenvalue weighted by Gasteiger charge is 2.16. The molecule has 0 radical (unpaired) electrons. The number of piperazine rings is 1. The number of nitrogens with one attached hydrogen (secondary N) is 2. The van der Waals surface area contributed by atoms with Crippen LogP contribution in [0.3, 0.4) is 0 Å². The molecule has 192 valence electrons. The van der Waals surface area contributed by atoms with E-state index in [-0.39, 0.29) is 5.91 Å². The average Bonchev–Trinajstić information content (AvgIpc) is 2.96. The third kappa shape index (κ3) is 6.16. The van der Waals surface area contributed by atoms with Crippen molar-refractivity contribution in [2.45, 2.75) is 13.5 Å². The number of pyridine rings is 1. The van der Waals surface area contributed by atoms with E-state index in [0.717, 1.165) is 47.7 Å². The Morgan fingerprint density at radius 3 is 2.55 bits per heavy atom. The summed E-state index contributed by atoms with van der Waals surface area (Å²) in [6.45, 7) is 5.60. The van der Waals surface area contributed by atoms with Gasteiger partial charge in [0.05, 0.1) is 24.1 Å². The molecule has 0 spiro atoms. The Kier molecular flexibility index (Phi) is 7.60. The SMILES string of the molecule is Cc1ccc(NC(=O)c2ccc(CN3CCN(N=O)CC3)cc2)cc1Nc1nccc(-c2cccnc2)n1. The van der Waals surface area contributed by atoms with E-state index in [1.54, 1.807) is 23.6 Å². The minimum absolute atomic E-state index is 0.188. The molecule has 4 aromatic rings. The van der Waals surface area contributed by atoms with Crippen molar-refractivity contribution >= 4 is 23.2 Å². The summed E-state index contributed by atoms with van der Waals surface area (Å²) >= 11 is 0. The van der Waals surface area contributed by atoms with Crippen LogP contribution in [0.1, 0.15) is 21.5 Å². The van der Waals surface area contributed by atoms with E-state index in [1.807, 2.05) is 67.6 Å². The maximum atomic E-state index is 12.9. The minimum atomic E-state index is -0.188. The summed E-state index contributed by atoms with van der Waals surface area (Å²) < 4.78 is 0. The first-order valence-corrected chi connectivity index (χ1v) is 12.4. The smallest absolute Gasteiger partial charge is 0.255 e. The molecule has 38 heavy (non-hydrogen) atoms. The molecule has 0 unspecified atom stereocenters. The van der Waals surface area contributed by atoms with Crippen LogP contribution in [0, 0.1) is 11.8 Å². The van der Waals surface area contributed by atoms with Crippen molar-refractivity contribution in [3.05, 3.63) is 101 Å². The Bertz CT molecular complexity index is 1400. The summed E-state index contributed by atoms with van der Waals surface area (Å²) in [7, 11) is 0. The Labute approximate surface area is 220 Å². The Hall–Kier alpha value is -4.70. The number of nitroso groups, excluding NO2 is 1. The van der Waals surface area contributed by atoms with Gasteiger partial charge in [-0.3, -0.25) is 19.7 Å². The van der Waals surface area contributed by atoms with Gasteiger partial charge in [0.25, 0.3) is 5.91 Å². The van der Waals surface area contributed by atoms with E-state index in [0.29, 0.717) is 30.3 Å². The predicted octanol–water partition coefficient (Wildman–Crippen LogP) is 4.64. The number of benzene rings is 2. The molecule has 10 nitrogen and oxygen atoms in total. The average molecular weight is 509 g/mol. The van der Waals surface area contributed by atoms with Gasteiger partial charge in [-0.05, 0) is 60.5 Å². The number of aromatic nitrogens is 3. The lowest BCUT2D eigenvalue weighted by Crippen LogP contribution is -2.43. The van der Waals surface area contributed by atoms with Crippen LogP contribution in [0.15, 0.2) is 84.5 Å². The van der Waals surface area contributed by atoms with E-state index in [4.69, 9.17) is 0 Å². The molecular formula is C28H28N8O2. The summed E-state index contributed by atoms with van der Waals surface area (Å²) in [5, 5.41) is 10.8. The fraction of sp³-hybridized carbons (Fsp3) is 0.214. The summed E-state index contributed by atoms with van der Waals surface area (Å²) in [6.07, 6.45) is 5.18. The van der Waals surface area contributed by atoms with Gasteiger partial charge in [0, 0.05) is 60.7 Å². The predicted molar refractivity (Wildman–Crippen MR) is 147 cm³/mol. The van der Waals surface area contributed by atoms with E-state index in [9.17, 15) is 9.70 Å². The van der Waals surface area contributed by atoms with Gasteiger partial charge in [-0.15, -0.1) is 4.91 Å². The number of anilines is 3. The maximum absolute atomic E-state index is 12.9. The van der Waals surface area contributed by atoms with E-state index >= 15 is 0 Å². The molecule has 1 amide bonds. The van der Waals surface area contributed by atoms with Crippen molar-refractivity contribution in [1.82, 2.24) is 24.9 Å². The number of hydrogen-bond donors (Lipinski definition) is 2. The van der Waals surface area contributed by atoms with Crippen molar-refractivity contribution in [2.75, 3.05) is 36.8 Å². The van der Waals surface area contributed by atoms with Gasteiger partial charge in [-0.2, -0.15) is 0 Å². The lowest BCUT2D eigenvalue weighted by atomic mass is 10.1. The molecule has 1 aliphatic rings. The summed E-state index contributed by atoms with van der Waals surface area (Å²) in [6, 6.07) is 18.9. The first-order valence-electron chi connectivity index (χ1n) is 12.4. The second-order valence-electron chi connectivity index (χ2n) is 9.12. The van der Waals surface area contributed by atoms with Gasteiger partial charge < -0.3 is 10.6 Å². The Balaban J connectivity index is 1.22. The molecular weight excluding hydrogens is 480 g/mol. The van der Waals surface area contributed by atoms with Crippen molar-refractivity contribution in [3.63, 3.8) is 0 Å². The molecule has 1 aliphatic heterocycles. The highest BCUT2D eigenvalue weighted by molar-refractivity contribution is 6.04. The number of amides is 1. The van der Waals surface area contributed by atoms with Crippen molar-refractivity contribution in [3.8, 4) is 11.3 Å². The Morgan fingerprint density at radius 2 is 1.82 bits per heavy atom. The lowest BCUT2D eigenvalue weighted by Gasteiger charge is -2.31. The second kappa shape index (κ2) is 11.6. The minimum Gasteiger partial charge on any atom is -0.324 e. The highest BCUT2D eigenvalue weighted by atomic mass is 16.3. The van der Waals surface area contributed by atoms with Crippen LogP contribution in [0.25, 0.3) is 11.3 Å². The van der Waals surface area contributed by atoms with Crippen LogP contribution < -0.4 is 10.6 Å². The lowest BCUT2D eigenvalue weighted by molar-refractivity contribution is 0.102. The van der Waals surface area contributed by atoms with Gasteiger partial charge in [0.1, 0.15) is 0 Å². The van der Waals surface area contributed by atoms with E-state index in [1.165, 1.54) is 0 Å². The fourth-order valence-electron chi connectivity index (χ4n) is 4.25. The zero-order valence-electron chi connectivity index (χ0n) is 21.0. The fourth-order valence-corrected chi connectivity index (χ4v) is 4.25. The monoisotopic (exact) mass is 508 g/mol. The largest absolute Gasteiger partial charge is 0.324 e. The summed E-state index contributed by atoms with van der Waals surface area (Å²) in [5.41, 5.74) is 5.81. The van der Waals surface area contributed by atoms with Crippen LogP contribution >= 0.6 is 0 Å². The van der Waals surface area contributed by atoms with Gasteiger partial charge in [-0.1, -0.05) is 18.2 Å². The molecule has 1 fully saturated rings. The maximum Gasteiger partial charge on any atom is 0.255 e. The molecule has 10 heteroatoms. The molecule has 0 bridgehead atoms. The van der Waals surface area contributed by atoms with Crippen LogP contribution in [-0.2, 0) is 6.54 Å². The topological polar surface area (TPSA) is 116 Å². The molecule has 0 saturated carbocycles. The van der Waals surface area contributed by atoms with Crippen LogP contribution in [-0.4, -0.2) is 56.9 Å². The normalized spacial score (nSPS) is 13.7. The second-order valence-corrected chi connectivity index (χ2v) is 9.12. The molecule has 2 aromatic carbocycles. The first kappa shape index (κ1) is 25.0. The third-order valence-corrected chi connectivity index (χ3v) is 6.44. The number of rotatable bonds is 8. The summed E-state index contributed by atoms with van der Waals surface area (Å²) in [4.78, 5) is 38.9.